The lowest BCUT2D eigenvalue weighted by atomic mass is 10.1. The molecule has 0 aromatic rings. The summed E-state index contributed by atoms with van der Waals surface area (Å²) in [4.78, 5) is 11.4. The van der Waals surface area contributed by atoms with Gasteiger partial charge in [-0.2, -0.15) is 0 Å². The van der Waals surface area contributed by atoms with Gasteiger partial charge in [0, 0.05) is 6.42 Å². The molecule has 0 aliphatic carbocycles. The van der Waals surface area contributed by atoms with E-state index in [4.69, 9.17) is 9.47 Å². The Balaban J connectivity index is 2.62. The molecule has 1 heterocycles. The summed E-state index contributed by atoms with van der Waals surface area (Å²) in [6.07, 6.45) is 4.48. The van der Waals surface area contributed by atoms with E-state index in [1.165, 1.54) is 0 Å². The molecule has 0 aromatic carbocycles. The van der Waals surface area contributed by atoms with E-state index in [1.807, 2.05) is 19.1 Å². The number of carbonyl (C=O) groups is 1. The molecule has 0 radical (unpaired) electrons. The van der Waals surface area contributed by atoms with Crippen molar-refractivity contribution in [1.82, 2.24) is 0 Å². The second kappa shape index (κ2) is 4.84. The Morgan fingerprint density at radius 3 is 3.00 bits per heavy atom. The minimum Gasteiger partial charge on any atom is -0.490 e. The Morgan fingerprint density at radius 2 is 2.43 bits per heavy atom. The average Bonchev–Trinajstić information content (AvgIpc) is 2.48. The van der Waals surface area contributed by atoms with Crippen molar-refractivity contribution in [3.8, 4) is 0 Å². The standard InChI is InChI=1S/C11H16O3/c1-4-6-9-7-10(8(3)14-9)11(12)13-5-2/h4,6,9H,5,7H2,1-3H3/b6-4-. The Hall–Kier alpha value is -1.25. The summed E-state index contributed by atoms with van der Waals surface area (Å²) < 4.78 is 10.4. The Labute approximate surface area is 84.4 Å². The van der Waals surface area contributed by atoms with Gasteiger partial charge in [-0.05, 0) is 26.8 Å². The zero-order valence-electron chi connectivity index (χ0n) is 8.87. The Bertz CT molecular complexity index is 276. The van der Waals surface area contributed by atoms with Crippen LogP contribution in [0.15, 0.2) is 23.5 Å². The van der Waals surface area contributed by atoms with E-state index in [0.29, 0.717) is 24.4 Å². The molecule has 3 heteroatoms. The lowest BCUT2D eigenvalue weighted by Gasteiger charge is -2.04. The zero-order chi connectivity index (χ0) is 10.6. The fourth-order valence-corrected chi connectivity index (χ4v) is 1.45. The summed E-state index contributed by atoms with van der Waals surface area (Å²) >= 11 is 0. The maximum Gasteiger partial charge on any atom is 0.337 e. The minimum absolute atomic E-state index is 0.000550. The lowest BCUT2D eigenvalue weighted by Crippen LogP contribution is -2.08. The predicted octanol–water partition coefficient (Wildman–Crippen LogP) is 2.19. The lowest BCUT2D eigenvalue weighted by molar-refractivity contribution is -0.138. The highest BCUT2D eigenvalue weighted by atomic mass is 16.5. The van der Waals surface area contributed by atoms with Crippen LogP contribution in [0.1, 0.15) is 27.2 Å². The van der Waals surface area contributed by atoms with Crippen LogP contribution in [0.5, 0.6) is 0 Å². The second-order valence-corrected chi connectivity index (χ2v) is 3.14. The first-order valence-electron chi connectivity index (χ1n) is 4.85. The maximum absolute atomic E-state index is 11.4. The van der Waals surface area contributed by atoms with Gasteiger partial charge in [-0.1, -0.05) is 6.08 Å². The zero-order valence-corrected chi connectivity index (χ0v) is 8.87. The monoisotopic (exact) mass is 196 g/mol. The fourth-order valence-electron chi connectivity index (χ4n) is 1.45. The van der Waals surface area contributed by atoms with Crippen LogP contribution in [0.25, 0.3) is 0 Å². The summed E-state index contributed by atoms with van der Waals surface area (Å²) in [5.41, 5.74) is 0.662. The van der Waals surface area contributed by atoms with Crippen LogP contribution in [0.2, 0.25) is 0 Å². The summed E-state index contributed by atoms with van der Waals surface area (Å²) in [7, 11) is 0. The molecule has 0 fully saturated rings. The Morgan fingerprint density at radius 1 is 1.71 bits per heavy atom. The number of hydrogen-bond donors (Lipinski definition) is 0. The van der Waals surface area contributed by atoms with E-state index in [9.17, 15) is 4.79 Å². The first-order chi connectivity index (χ1) is 6.69. The molecule has 1 rings (SSSR count). The molecule has 0 saturated heterocycles. The van der Waals surface area contributed by atoms with Crippen molar-refractivity contribution < 1.29 is 14.3 Å². The van der Waals surface area contributed by atoms with Crippen LogP contribution in [-0.4, -0.2) is 18.7 Å². The highest BCUT2D eigenvalue weighted by Crippen LogP contribution is 2.26. The number of ether oxygens (including phenoxy) is 2. The smallest absolute Gasteiger partial charge is 0.337 e. The quantitative estimate of drug-likeness (QED) is 0.512. The highest BCUT2D eigenvalue weighted by molar-refractivity contribution is 5.89. The third-order valence-corrected chi connectivity index (χ3v) is 2.09. The van der Waals surface area contributed by atoms with Gasteiger partial charge in [0.1, 0.15) is 11.9 Å². The number of esters is 1. The minimum atomic E-state index is -0.253. The van der Waals surface area contributed by atoms with Crippen LogP contribution in [-0.2, 0) is 14.3 Å². The molecule has 3 nitrogen and oxygen atoms in total. The summed E-state index contributed by atoms with van der Waals surface area (Å²) in [5.74, 6) is 0.434. The van der Waals surface area contributed by atoms with Gasteiger partial charge in [0.15, 0.2) is 0 Å². The first kappa shape index (κ1) is 10.8. The fraction of sp³-hybridized carbons (Fsp3) is 0.545. The van der Waals surface area contributed by atoms with Crippen molar-refractivity contribution in [1.29, 1.82) is 0 Å². The highest BCUT2D eigenvalue weighted by Gasteiger charge is 2.26. The van der Waals surface area contributed by atoms with Crippen LogP contribution < -0.4 is 0 Å². The summed E-state index contributed by atoms with van der Waals surface area (Å²) in [6, 6.07) is 0. The van der Waals surface area contributed by atoms with Gasteiger partial charge >= 0.3 is 5.97 Å². The van der Waals surface area contributed by atoms with Gasteiger partial charge in [0.25, 0.3) is 0 Å². The van der Waals surface area contributed by atoms with Gasteiger partial charge in [0.05, 0.1) is 12.2 Å². The molecule has 0 amide bonds. The summed E-state index contributed by atoms with van der Waals surface area (Å²) in [6.45, 7) is 5.94. The van der Waals surface area contributed by atoms with Crippen LogP contribution in [0.3, 0.4) is 0 Å². The number of rotatable bonds is 3. The van der Waals surface area contributed by atoms with E-state index in [2.05, 4.69) is 0 Å². The SMILES string of the molecule is C/C=C\C1CC(C(=O)OCC)=C(C)O1. The molecule has 1 aliphatic heterocycles. The number of carbonyl (C=O) groups excluding carboxylic acids is 1. The van der Waals surface area contributed by atoms with E-state index < -0.39 is 0 Å². The van der Waals surface area contributed by atoms with Crippen molar-refractivity contribution >= 4 is 5.97 Å². The molecule has 1 aliphatic rings. The van der Waals surface area contributed by atoms with Crippen molar-refractivity contribution in [2.75, 3.05) is 6.61 Å². The van der Waals surface area contributed by atoms with E-state index in [0.717, 1.165) is 0 Å². The first-order valence-corrected chi connectivity index (χ1v) is 4.85. The average molecular weight is 196 g/mol. The van der Waals surface area contributed by atoms with Crippen molar-refractivity contribution in [2.24, 2.45) is 0 Å². The normalized spacial score (nSPS) is 21.5. The predicted molar refractivity (Wildman–Crippen MR) is 53.6 cm³/mol. The van der Waals surface area contributed by atoms with Crippen molar-refractivity contribution in [3.05, 3.63) is 23.5 Å². The molecule has 0 aromatic heterocycles. The van der Waals surface area contributed by atoms with E-state index in [-0.39, 0.29) is 12.1 Å². The number of allylic oxidation sites excluding steroid dienone is 2. The number of hydrogen-bond acceptors (Lipinski definition) is 3. The molecule has 0 spiro atoms. The van der Waals surface area contributed by atoms with Crippen molar-refractivity contribution in [2.45, 2.75) is 33.3 Å². The van der Waals surface area contributed by atoms with E-state index in [1.54, 1.807) is 13.8 Å². The van der Waals surface area contributed by atoms with Gasteiger partial charge in [-0.15, -0.1) is 0 Å². The third-order valence-electron chi connectivity index (χ3n) is 2.09. The molecular weight excluding hydrogens is 180 g/mol. The van der Waals surface area contributed by atoms with Gasteiger partial charge in [-0.25, -0.2) is 4.79 Å². The summed E-state index contributed by atoms with van der Waals surface area (Å²) in [5, 5.41) is 0. The maximum atomic E-state index is 11.4. The van der Waals surface area contributed by atoms with E-state index >= 15 is 0 Å². The van der Waals surface area contributed by atoms with Crippen LogP contribution in [0, 0.1) is 0 Å². The molecule has 1 unspecified atom stereocenters. The van der Waals surface area contributed by atoms with Crippen LogP contribution >= 0.6 is 0 Å². The molecular formula is C11H16O3. The van der Waals surface area contributed by atoms with Crippen molar-refractivity contribution in [3.63, 3.8) is 0 Å². The van der Waals surface area contributed by atoms with Gasteiger partial charge in [-0.3, -0.25) is 0 Å². The largest absolute Gasteiger partial charge is 0.490 e. The van der Waals surface area contributed by atoms with Gasteiger partial charge < -0.3 is 9.47 Å². The molecule has 0 bridgehead atoms. The third kappa shape index (κ3) is 2.37. The molecule has 78 valence electrons. The Kier molecular flexibility index (Phi) is 3.74. The molecule has 0 saturated carbocycles. The molecule has 0 N–H and O–H groups in total. The van der Waals surface area contributed by atoms with Gasteiger partial charge in [0.2, 0.25) is 0 Å². The molecule has 14 heavy (non-hydrogen) atoms. The second-order valence-electron chi connectivity index (χ2n) is 3.14. The topological polar surface area (TPSA) is 35.5 Å². The van der Waals surface area contributed by atoms with Crippen LogP contribution in [0.4, 0.5) is 0 Å². The molecule has 1 atom stereocenters.